The number of halogens is 1. The molecule has 9 nitrogen and oxygen atoms in total. The maximum Gasteiger partial charge on any atom is 0.261 e. The number of Topliss-reactive ketones (excluding diaryl/α,β-unsaturated/α-hetero) is 1. The highest BCUT2D eigenvalue weighted by molar-refractivity contribution is 6.29. The number of fused-ring (bicyclic) bond motifs is 2. The molecule has 0 unspecified atom stereocenters. The summed E-state index contributed by atoms with van der Waals surface area (Å²) in [5.74, 6) is -0.564. The van der Waals surface area contributed by atoms with Gasteiger partial charge in [-0.05, 0) is 81.0 Å². The molecule has 2 aromatic carbocycles. The Balaban J connectivity index is 1.18. The molecule has 10 heteroatoms. The Morgan fingerprint density at radius 1 is 1.10 bits per heavy atom. The number of ether oxygens (including phenoxy) is 1. The molecule has 3 heterocycles. The molecule has 3 aliphatic heterocycles. The summed E-state index contributed by atoms with van der Waals surface area (Å²) in [6, 6.07) is 8.91. The van der Waals surface area contributed by atoms with Crippen molar-refractivity contribution in [3.63, 3.8) is 0 Å². The van der Waals surface area contributed by atoms with Crippen LogP contribution in [0.25, 0.3) is 0 Å². The lowest BCUT2D eigenvalue weighted by Crippen LogP contribution is -2.46. The van der Waals surface area contributed by atoms with Crippen molar-refractivity contribution in [1.82, 2.24) is 9.80 Å². The maximum absolute atomic E-state index is 13.3. The van der Waals surface area contributed by atoms with Gasteiger partial charge in [-0.25, -0.2) is 4.39 Å². The standard InChI is InChI=1S/C31H31FN4O5/c1-35-11-9-20(10-12-35)36-30(39)23-13-18-14-27(34-26(18)15-24(23)31(36)40)29-25(3-2-4-28(29)38)33-16-21(37)17-41-22-7-5-19(32)6-8-22/h2-3,5-8,13,15,20-21,34,37H,4,9-12,14,16-17H2,1H3/t21-/m0/s1. The molecule has 1 saturated heterocycles. The molecule has 2 aromatic rings. The van der Waals surface area contributed by atoms with Crippen molar-refractivity contribution in [2.24, 2.45) is 4.99 Å². The molecule has 212 valence electrons. The normalized spacial score (nSPS) is 22.8. The molecule has 1 atom stereocenters. The second kappa shape index (κ2) is 11.0. The van der Waals surface area contributed by atoms with Gasteiger partial charge in [0.1, 0.15) is 24.3 Å². The molecule has 0 spiro atoms. The number of nitrogens with one attached hydrogen (secondary N) is 1. The van der Waals surface area contributed by atoms with Crippen LogP contribution in [-0.2, 0) is 11.2 Å². The van der Waals surface area contributed by atoms with Gasteiger partial charge in [-0.2, -0.15) is 0 Å². The Kier molecular flexibility index (Phi) is 7.27. The van der Waals surface area contributed by atoms with E-state index in [1.165, 1.54) is 29.2 Å². The van der Waals surface area contributed by atoms with E-state index in [9.17, 15) is 23.9 Å². The number of aliphatic imine (C=N–C) groups is 1. The number of nitrogens with zero attached hydrogens (tertiary/aromatic N) is 3. The van der Waals surface area contributed by atoms with Crippen molar-refractivity contribution in [2.75, 3.05) is 38.6 Å². The van der Waals surface area contributed by atoms with Crippen LogP contribution in [0.2, 0.25) is 0 Å². The van der Waals surface area contributed by atoms with E-state index in [1.54, 1.807) is 24.3 Å². The zero-order valence-corrected chi connectivity index (χ0v) is 22.7. The van der Waals surface area contributed by atoms with Crippen LogP contribution < -0.4 is 10.1 Å². The molecule has 2 N–H and O–H groups in total. The van der Waals surface area contributed by atoms with Gasteiger partial charge in [0, 0.05) is 30.3 Å². The van der Waals surface area contributed by atoms with E-state index in [0.717, 1.165) is 31.5 Å². The molecule has 2 amide bonds. The largest absolute Gasteiger partial charge is 0.491 e. The highest BCUT2D eigenvalue weighted by atomic mass is 19.1. The minimum atomic E-state index is -0.939. The maximum atomic E-state index is 13.3. The Bertz CT molecular complexity index is 1460. The van der Waals surface area contributed by atoms with E-state index in [-0.39, 0.29) is 49.0 Å². The molecule has 1 fully saturated rings. The molecular formula is C31H31FN4O5. The average Bonchev–Trinajstić information content (AvgIpc) is 3.48. The van der Waals surface area contributed by atoms with Gasteiger partial charge in [0.25, 0.3) is 11.8 Å². The van der Waals surface area contributed by atoms with Gasteiger partial charge in [0.05, 0.1) is 29.0 Å². The average molecular weight is 559 g/mol. The Labute approximate surface area is 237 Å². The molecule has 41 heavy (non-hydrogen) atoms. The summed E-state index contributed by atoms with van der Waals surface area (Å²) >= 11 is 0. The van der Waals surface area contributed by atoms with Crippen molar-refractivity contribution in [3.05, 3.63) is 82.3 Å². The lowest BCUT2D eigenvalue weighted by atomic mass is 9.94. The monoisotopic (exact) mass is 558 g/mol. The number of aliphatic hydroxyl groups excluding tert-OH is 1. The molecule has 0 aromatic heterocycles. The van der Waals surface area contributed by atoms with E-state index < -0.39 is 6.10 Å². The zero-order valence-electron chi connectivity index (χ0n) is 22.7. The molecule has 0 saturated carbocycles. The summed E-state index contributed by atoms with van der Waals surface area (Å²) in [6.45, 7) is 1.65. The minimum Gasteiger partial charge on any atom is -0.491 e. The highest BCUT2D eigenvalue weighted by Crippen LogP contribution is 2.38. The van der Waals surface area contributed by atoms with Crippen LogP contribution in [-0.4, -0.2) is 83.7 Å². The molecular weight excluding hydrogens is 527 g/mol. The number of ketones is 1. The van der Waals surface area contributed by atoms with Crippen LogP contribution in [0.3, 0.4) is 0 Å². The Morgan fingerprint density at radius 2 is 1.80 bits per heavy atom. The van der Waals surface area contributed by atoms with Gasteiger partial charge in [-0.1, -0.05) is 6.08 Å². The third-order valence-electron chi connectivity index (χ3n) is 7.99. The number of amides is 2. The molecule has 4 aliphatic rings. The number of carbonyl (C=O) groups is 3. The first-order chi connectivity index (χ1) is 19.8. The number of hydrogen-bond donors (Lipinski definition) is 2. The van der Waals surface area contributed by atoms with Crippen molar-refractivity contribution < 1.29 is 28.6 Å². The highest BCUT2D eigenvalue weighted by Gasteiger charge is 2.42. The van der Waals surface area contributed by atoms with Crippen LogP contribution >= 0.6 is 0 Å². The second-order valence-corrected chi connectivity index (χ2v) is 10.9. The predicted octanol–water partition coefficient (Wildman–Crippen LogP) is 3.15. The van der Waals surface area contributed by atoms with Gasteiger partial charge in [-0.15, -0.1) is 0 Å². The van der Waals surface area contributed by atoms with E-state index in [1.807, 2.05) is 7.05 Å². The van der Waals surface area contributed by atoms with Gasteiger partial charge in [0.15, 0.2) is 5.78 Å². The number of likely N-dealkylation sites (tertiary alicyclic amines) is 1. The predicted molar refractivity (Wildman–Crippen MR) is 151 cm³/mol. The van der Waals surface area contributed by atoms with Gasteiger partial charge in [-0.3, -0.25) is 24.3 Å². The van der Waals surface area contributed by atoms with Gasteiger partial charge >= 0.3 is 0 Å². The number of allylic oxidation sites excluding steroid dienone is 4. The van der Waals surface area contributed by atoms with Crippen LogP contribution in [0.1, 0.15) is 45.5 Å². The summed E-state index contributed by atoms with van der Waals surface area (Å²) in [5.41, 5.74) is 3.87. The number of imide groups is 1. The van der Waals surface area contributed by atoms with Crippen LogP contribution in [0, 0.1) is 5.82 Å². The molecule has 6 rings (SSSR count). The first-order valence-corrected chi connectivity index (χ1v) is 13.8. The Morgan fingerprint density at radius 3 is 2.54 bits per heavy atom. The fraction of sp³-hybridized carbons (Fsp3) is 0.355. The summed E-state index contributed by atoms with van der Waals surface area (Å²) in [5, 5.41) is 13.7. The summed E-state index contributed by atoms with van der Waals surface area (Å²) < 4.78 is 18.6. The smallest absolute Gasteiger partial charge is 0.261 e. The lowest BCUT2D eigenvalue weighted by Gasteiger charge is -2.33. The summed E-state index contributed by atoms with van der Waals surface area (Å²) in [6.07, 6.45) is 4.70. The van der Waals surface area contributed by atoms with Gasteiger partial charge < -0.3 is 20.1 Å². The molecule has 0 radical (unpaired) electrons. The fourth-order valence-corrected chi connectivity index (χ4v) is 5.79. The number of hydrogen-bond acceptors (Lipinski definition) is 8. The number of anilines is 1. The second-order valence-electron chi connectivity index (χ2n) is 10.9. The first-order valence-electron chi connectivity index (χ1n) is 13.8. The number of rotatable bonds is 6. The number of carbonyl (C=O) groups excluding carboxylic acids is 3. The molecule has 1 aliphatic carbocycles. The van der Waals surface area contributed by atoms with E-state index >= 15 is 0 Å². The lowest BCUT2D eigenvalue weighted by molar-refractivity contribution is -0.114. The quantitative estimate of drug-likeness (QED) is 0.414. The summed E-state index contributed by atoms with van der Waals surface area (Å²) in [7, 11) is 2.04. The fourth-order valence-electron chi connectivity index (χ4n) is 5.79. The van der Waals surface area contributed by atoms with Crippen molar-refractivity contribution in [3.8, 4) is 5.75 Å². The van der Waals surface area contributed by atoms with Crippen molar-refractivity contribution >= 4 is 29.0 Å². The minimum absolute atomic E-state index is 0.00195. The third kappa shape index (κ3) is 5.32. The van der Waals surface area contributed by atoms with Crippen molar-refractivity contribution in [2.45, 2.75) is 37.8 Å². The van der Waals surface area contributed by atoms with Crippen LogP contribution in [0.15, 0.2) is 64.8 Å². The number of benzene rings is 2. The zero-order chi connectivity index (χ0) is 28.7. The van der Waals surface area contributed by atoms with E-state index in [4.69, 9.17) is 4.74 Å². The van der Waals surface area contributed by atoms with Crippen molar-refractivity contribution in [1.29, 1.82) is 0 Å². The summed E-state index contributed by atoms with van der Waals surface area (Å²) in [4.78, 5) is 47.7. The SMILES string of the molecule is CN1CCC(N2C(=O)c3cc4c(cc3C2=O)NC(=C2C(=O)CC=CC2=NC[C@H](O)COc2ccc(F)cc2)C4)CC1. The van der Waals surface area contributed by atoms with Crippen LogP contribution in [0.5, 0.6) is 5.75 Å². The van der Waals surface area contributed by atoms with E-state index in [0.29, 0.717) is 46.0 Å². The first kappa shape index (κ1) is 27.0. The molecule has 0 bridgehead atoms. The van der Waals surface area contributed by atoms with Gasteiger partial charge in [0.2, 0.25) is 0 Å². The Hall–Kier alpha value is -4.15. The van der Waals surface area contributed by atoms with E-state index in [2.05, 4.69) is 15.2 Å². The topological polar surface area (TPSA) is 112 Å². The number of piperidine rings is 1. The number of aliphatic hydroxyl groups is 1. The third-order valence-corrected chi connectivity index (χ3v) is 7.99. The van der Waals surface area contributed by atoms with Crippen LogP contribution in [0.4, 0.5) is 10.1 Å².